The van der Waals surface area contributed by atoms with Gasteiger partial charge >= 0.3 is 0 Å². The maximum Gasteiger partial charge on any atom is 0.0294 e. The number of hydrogen-bond donors (Lipinski definition) is 2. The van der Waals surface area contributed by atoms with E-state index in [1.807, 2.05) is 0 Å². The van der Waals surface area contributed by atoms with Crippen LogP contribution in [0.3, 0.4) is 0 Å². The van der Waals surface area contributed by atoms with Crippen molar-refractivity contribution in [2.24, 2.45) is 17.6 Å². The van der Waals surface area contributed by atoms with Crippen molar-refractivity contribution < 1.29 is 0 Å². The van der Waals surface area contributed by atoms with Crippen LogP contribution < -0.4 is 11.1 Å². The van der Waals surface area contributed by atoms with E-state index in [9.17, 15) is 0 Å². The fraction of sp³-hybridized carbons (Fsp3) is 0.750. The van der Waals surface area contributed by atoms with Crippen molar-refractivity contribution in [2.75, 3.05) is 0 Å². The zero-order valence-corrected chi connectivity index (χ0v) is 17.4. The Balaban J connectivity index is 0.000000228. The van der Waals surface area contributed by atoms with Gasteiger partial charge in [-0.1, -0.05) is 82.7 Å². The summed E-state index contributed by atoms with van der Waals surface area (Å²) >= 11 is 0. The molecular weight excluding hydrogens is 316 g/mol. The summed E-state index contributed by atoms with van der Waals surface area (Å²) in [6.07, 6.45) is 13.6. The normalized spacial score (nSPS) is 30.2. The van der Waals surface area contributed by atoms with Crippen molar-refractivity contribution >= 4 is 0 Å². The fourth-order valence-electron chi connectivity index (χ4n) is 4.82. The summed E-state index contributed by atoms with van der Waals surface area (Å²) in [5, 5.41) is 3.84. The van der Waals surface area contributed by atoms with E-state index >= 15 is 0 Å². The van der Waals surface area contributed by atoms with Crippen LogP contribution in [0.4, 0.5) is 0 Å². The van der Waals surface area contributed by atoms with Crippen LogP contribution in [0.1, 0.15) is 96.6 Å². The third-order valence-corrected chi connectivity index (χ3v) is 6.69. The zero-order valence-electron chi connectivity index (χ0n) is 17.4. The lowest BCUT2D eigenvalue weighted by molar-refractivity contribution is 0.240. The molecular formula is C24H42N2. The molecule has 0 saturated heterocycles. The number of nitrogens with one attached hydrogen (secondary N) is 1. The van der Waals surface area contributed by atoms with Gasteiger partial charge in [0, 0.05) is 18.1 Å². The van der Waals surface area contributed by atoms with E-state index in [1.54, 1.807) is 0 Å². The number of benzene rings is 1. The largest absolute Gasteiger partial charge is 0.327 e. The molecule has 1 aromatic rings. The molecule has 0 aromatic heterocycles. The van der Waals surface area contributed by atoms with Crippen LogP contribution in [-0.2, 0) is 0 Å². The summed E-state index contributed by atoms with van der Waals surface area (Å²) in [7, 11) is 0. The predicted molar refractivity (Wildman–Crippen MR) is 114 cm³/mol. The predicted octanol–water partition coefficient (Wildman–Crippen LogP) is 6.22. The molecule has 0 amide bonds. The van der Waals surface area contributed by atoms with Crippen LogP contribution >= 0.6 is 0 Å². The molecule has 0 heterocycles. The van der Waals surface area contributed by atoms with Crippen molar-refractivity contribution in [3.63, 3.8) is 0 Å². The van der Waals surface area contributed by atoms with Crippen molar-refractivity contribution in [3.05, 3.63) is 35.9 Å². The minimum atomic E-state index is 0.480. The first-order chi connectivity index (χ1) is 12.7. The summed E-state index contributed by atoms with van der Waals surface area (Å²) in [5.41, 5.74) is 7.30. The number of nitrogens with two attached hydrogens (primary N) is 1. The smallest absolute Gasteiger partial charge is 0.0294 e. The minimum Gasteiger partial charge on any atom is -0.327 e. The summed E-state index contributed by atoms with van der Waals surface area (Å²) in [6.45, 7) is 6.87. The van der Waals surface area contributed by atoms with Crippen LogP contribution in [0.5, 0.6) is 0 Å². The van der Waals surface area contributed by atoms with Crippen LogP contribution in [0.2, 0.25) is 0 Å². The lowest BCUT2D eigenvalue weighted by Gasteiger charge is -2.34. The summed E-state index contributed by atoms with van der Waals surface area (Å²) in [6, 6.07) is 12.5. The average molecular weight is 359 g/mol. The molecule has 0 bridgehead atoms. The van der Waals surface area contributed by atoms with E-state index in [2.05, 4.69) is 56.4 Å². The maximum absolute atomic E-state index is 5.89. The van der Waals surface area contributed by atoms with Gasteiger partial charge in [-0.05, 0) is 50.0 Å². The molecule has 0 radical (unpaired) electrons. The van der Waals surface area contributed by atoms with Crippen LogP contribution in [0.25, 0.3) is 0 Å². The van der Waals surface area contributed by atoms with Gasteiger partial charge in [-0.25, -0.2) is 0 Å². The van der Waals surface area contributed by atoms with Gasteiger partial charge in [0.1, 0.15) is 0 Å². The lowest BCUT2D eigenvalue weighted by Crippen LogP contribution is -2.39. The van der Waals surface area contributed by atoms with Crippen molar-refractivity contribution in [3.8, 4) is 0 Å². The fourth-order valence-corrected chi connectivity index (χ4v) is 4.82. The van der Waals surface area contributed by atoms with Gasteiger partial charge in [-0.2, -0.15) is 0 Å². The van der Waals surface area contributed by atoms with Gasteiger partial charge in [-0.3, -0.25) is 0 Å². The molecule has 2 heteroatoms. The number of rotatable bonds is 5. The Morgan fingerprint density at radius 2 is 1.46 bits per heavy atom. The summed E-state index contributed by atoms with van der Waals surface area (Å²) in [5.74, 6) is 1.72. The van der Waals surface area contributed by atoms with Crippen molar-refractivity contribution in [1.29, 1.82) is 0 Å². The molecule has 0 spiro atoms. The van der Waals surface area contributed by atoms with Crippen LogP contribution in [0.15, 0.2) is 30.3 Å². The van der Waals surface area contributed by atoms with Crippen LogP contribution in [-0.4, -0.2) is 12.1 Å². The van der Waals surface area contributed by atoms with Crippen molar-refractivity contribution in [2.45, 2.75) is 103 Å². The monoisotopic (exact) mass is 358 g/mol. The standard InChI is InChI=1S/C16H25N.C8H17N/c1-3-14-9-7-8-12-16(14)17-13(2)15-10-5-4-6-11-15;1-2-7-5-3-4-6-8(7)9/h4-6,10-11,13-14,16-17H,3,7-9,12H2,1-2H3;7-8H,2-6,9H2,1H3/t13-,14-,16-;7-,8-/m11/s1. The Morgan fingerprint density at radius 1 is 0.885 bits per heavy atom. The quantitative estimate of drug-likeness (QED) is 0.655. The van der Waals surface area contributed by atoms with E-state index in [0.717, 1.165) is 17.9 Å². The first kappa shape index (κ1) is 21.4. The Bertz CT molecular complexity index is 472. The van der Waals surface area contributed by atoms with E-state index in [1.165, 1.54) is 69.8 Å². The van der Waals surface area contributed by atoms with Crippen molar-refractivity contribution in [1.82, 2.24) is 5.32 Å². The Morgan fingerprint density at radius 3 is 2.04 bits per heavy atom. The van der Waals surface area contributed by atoms with E-state index in [0.29, 0.717) is 12.1 Å². The first-order valence-corrected chi connectivity index (χ1v) is 11.2. The summed E-state index contributed by atoms with van der Waals surface area (Å²) in [4.78, 5) is 0. The highest BCUT2D eigenvalue weighted by molar-refractivity contribution is 5.18. The highest BCUT2D eigenvalue weighted by Gasteiger charge is 2.24. The van der Waals surface area contributed by atoms with Gasteiger partial charge in [0.05, 0.1) is 0 Å². The van der Waals surface area contributed by atoms with Gasteiger partial charge in [-0.15, -0.1) is 0 Å². The molecule has 5 atom stereocenters. The highest BCUT2D eigenvalue weighted by atomic mass is 15.0. The SMILES string of the molecule is CC[C@@H]1CCCC[C@H]1N.CC[C@@H]1CCCC[C@H]1N[C@H](C)c1ccccc1. The molecule has 0 aliphatic heterocycles. The molecule has 2 aliphatic carbocycles. The van der Waals surface area contributed by atoms with Gasteiger partial charge in [0.25, 0.3) is 0 Å². The van der Waals surface area contributed by atoms with Gasteiger partial charge < -0.3 is 11.1 Å². The molecule has 148 valence electrons. The van der Waals surface area contributed by atoms with E-state index in [4.69, 9.17) is 5.73 Å². The van der Waals surface area contributed by atoms with Gasteiger partial charge in [0.2, 0.25) is 0 Å². The molecule has 3 N–H and O–H groups in total. The Hall–Kier alpha value is -0.860. The first-order valence-electron chi connectivity index (χ1n) is 11.2. The molecule has 2 saturated carbocycles. The maximum atomic E-state index is 5.89. The summed E-state index contributed by atoms with van der Waals surface area (Å²) < 4.78 is 0. The second-order valence-electron chi connectivity index (χ2n) is 8.47. The molecule has 26 heavy (non-hydrogen) atoms. The molecule has 3 rings (SSSR count). The zero-order chi connectivity index (χ0) is 18.8. The highest BCUT2D eigenvalue weighted by Crippen LogP contribution is 2.28. The lowest BCUT2D eigenvalue weighted by atomic mass is 9.82. The topological polar surface area (TPSA) is 38.0 Å². The Kier molecular flexibility index (Phi) is 9.71. The molecule has 1 aromatic carbocycles. The molecule has 0 unspecified atom stereocenters. The second-order valence-corrected chi connectivity index (χ2v) is 8.47. The molecule has 2 fully saturated rings. The third kappa shape index (κ3) is 6.70. The number of hydrogen-bond acceptors (Lipinski definition) is 2. The molecule has 2 aliphatic rings. The van der Waals surface area contributed by atoms with E-state index in [-0.39, 0.29) is 0 Å². The Labute approximate surface area is 162 Å². The third-order valence-electron chi connectivity index (χ3n) is 6.69. The molecule has 2 nitrogen and oxygen atoms in total. The van der Waals surface area contributed by atoms with Gasteiger partial charge in [0.15, 0.2) is 0 Å². The second kappa shape index (κ2) is 11.8. The average Bonchev–Trinajstić information content (AvgIpc) is 2.70. The van der Waals surface area contributed by atoms with Crippen LogP contribution in [0, 0.1) is 11.8 Å². The van der Waals surface area contributed by atoms with E-state index < -0.39 is 0 Å². The minimum absolute atomic E-state index is 0.480.